The summed E-state index contributed by atoms with van der Waals surface area (Å²) in [4.78, 5) is 17.1. The Morgan fingerprint density at radius 3 is 2.61 bits per heavy atom. The fraction of sp³-hybridized carbons (Fsp3) is 0.0476. The first-order chi connectivity index (χ1) is 14.7. The number of amidine groups is 1. The second-order valence-corrected chi connectivity index (χ2v) is 8.22. The summed E-state index contributed by atoms with van der Waals surface area (Å²) >= 11 is 13.2. The number of benzene rings is 2. The Kier molecular flexibility index (Phi) is 5.88. The largest absolute Gasteiger partial charge is 0.416 e. The molecule has 31 heavy (non-hydrogen) atoms. The number of hydrogen-bond acceptors (Lipinski definition) is 3. The minimum Gasteiger partial charge on any atom is -0.317 e. The number of thioether (sulfide) groups is 1. The zero-order chi connectivity index (χ0) is 22.2. The Bertz CT molecular complexity index is 1230. The molecule has 1 amide bonds. The molecule has 0 saturated carbocycles. The summed E-state index contributed by atoms with van der Waals surface area (Å²) in [6.45, 7) is 0. The Labute approximate surface area is 189 Å². The zero-order valence-electron chi connectivity index (χ0n) is 15.5. The molecule has 10 heteroatoms. The van der Waals surface area contributed by atoms with Crippen LogP contribution in [0.4, 0.5) is 18.9 Å². The molecule has 1 aromatic heterocycles. The molecule has 0 bridgehead atoms. The van der Waals surface area contributed by atoms with Gasteiger partial charge in [-0.3, -0.25) is 4.79 Å². The molecule has 158 valence electrons. The number of carbonyl (C=O) groups excluding carboxylic acids is 1. The minimum atomic E-state index is -4.45. The van der Waals surface area contributed by atoms with Gasteiger partial charge in [0.25, 0.3) is 5.91 Å². The van der Waals surface area contributed by atoms with Crippen LogP contribution in [0.25, 0.3) is 11.8 Å². The lowest BCUT2D eigenvalue weighted by Gasteiger charge is -2.11. The number of alkyl halides is 3. The highest BCUT2D eigenvalue weighted by Crippen LogP contribution is 2.35. The van der Waals surface area contributed by atoms with Crippen LogP contribution in [0.15, 0.2) is 70.7 Å². The molecule has 1 fully saturated rings. The molecule has 4 rings (SSSR count). The van der Waals surface area contributed by atoms with Crippen LogP contribution < -0.4 is 5.32 Å². The smallest absolute Gasteiger partial charge is 0.317 e. The van der Waals surface area contributed by atoms with Gasteiger partial charge in [-0.2, -0.15) is 13.2 Å². The second-order valence-electron chi connectivity index (χ2n) is 6.41. The van der Waals surface area contributed by atoms with Crippen molar-refractivity contribution in [2.75, 3.05) is 0 Å². The molecule has 0 spiro atoms. The van der Waals surface area contributed by atoms with Crippen LogP contribution in [0, 0.1) is 0 Å². The van der Waals surface area contributed by atoms with E-state index >= 15 is 0 Å². The van der Waals surface area contributed by atoms with Crippen molar-refractivity contribution in [2.45, 2.75) is 6.18 Å². The monoisotopic (exact) mass is 481 g/mol. The summed E-state index contributed by atoms with van der Waals surface area (Å²) in [5.41, 5.74) is 0.525. The van der Waals surface area contributed by atoms with Crippen LogP contribution in [0.5, 0.6) is 0 Å². The number of aliphatic imine (C=N–C) groups is 1. The van der Waals surface area contributed by atoms with Crippen LogP contribution in [0.1, 0.15) is 11.3 Å². The van der Waals surface area contributed by atoms with Gasteiger partial charge in [-0.1, -0.05) is 35.3 Å². The van der Waals surface area contributed by atoms with Crippen LogP contribution in [0.2, 0.25) is 10.0 Å². The van der Waals surface area contributed by atoms with Gasteiger partial charge in [0.2, 0.25) is 0 Å². The molecule has 2 heterocycles. The molecule has 0 unspecified atom stereocenters. The third kappa shape index (κ3) is 4.66. The molecule has 3 aromatic rings. The quantitative estimate of drug-likeness (QED) is 0.423. The fourth-order valence-corrected chi connectivity index (χ4v) is 4.04. The van der Waals surface area contributed by atoms with E-state index < -0.39 is 11.7 Å². The van der Waals surface area contributed by atoms with E-state index in [1.807, 2.05) is 0 Å². The third-order valence-corrected chi connectivity index (χ3v) is 6.03. The molecule has 2 aromatic carbocycles. The third-order valence-electron chi connectivity index (χ3n) is 4.32. The molecule has 1 N–H and O–H groups in total. The first kappa shape index (κ1) is 21.5. The van der Waals surface area contributed by atoms with Gasteiger partial charge in [0.1, 0.15) is 0 Å². The highest BCUT2D eigenvalue weighted by Gasteiger charge is 2.30. The number of nitrogens with zero attached hydrogens (tertiary/aromatic N) is 2. The molecule has 1 aliphatic heterocycles. The minimum absolute atomic E-state index is 0.266. The van der Waals surface area contributed by atoms with Gasteiger partial charge in [-0.25, -0.2) is 4.99 Å². The summed E-state index contributed by atoms with van der Waals surface area (Å²) < 4.78 is 40.7. The number of aromatic nitrogens is 1. The van der Waals surface area contributed by atoms with Gasteiger partial charge < -0.3 is 9.88 Å². The first-order valence-electron chi connectivity index (χ1n) is 8.81. The Hall–Kier alpha value is -2.68. The number of amides is 1. The molecule has 0 aliphatic carbocycles. The lowest BCUT2D eigenvalue weighted by molar-refractivity contribution is -0.137. The van der Waals surface area contributed by atoms with Crippen LogP contribution in [-0.2, 0) is 11.0 Å². The predicted octanol–water partition coefficient (Wildman–Crippen LogP) is 6.69. The summed E-state index contributed by atoms with van der Waals surface area (Å²) in [5.74, 6) is -0.376. The Morgan fingerprint density at radius 1 is 1.06 bits per heavy atom. The normalized spacial score (nSPS) is 16.9. The average Bonchev–Trinajstić information content (AvgIpc) is 3.32. The summed E-state index contributed by atoms with van der Waals surface area (Å²) in [6, 6.07) is 13.3. The zero-order valence-corrected chi connectivity index (χ0v) is 17.8. The highest BCUT2D eigenvalue weighted by atomic mass is 35.5. The van der Waals surface area contributed by atoms with E-state index in [1.165, 1.54) is 6.07 Å². The Morgan fingerprint density at radius 2 is 1.84 bits per heavy atom. The van der Waals surface area contributed by atoms with Crippen molar-refractivity contribution in [1.29, 1.82) is 0 Å². The van der Waals surface area contributed by atoms with E-state index in [0.717, 1.165) is 23.9 Å². The van der Waals surface area contributed by atoms with Gasteiger partial charge in [0.15, 0.2) is 5.17 Å². The van der Waals surface area contributed by atoms with Crippen molar-refractivity contribution in [3.05, 3.63) is 87.0 Å². The van der Waals surface area contributed by atoms with Crippen molar-refractivity contribution in [1.82, 2.24) is 9.88 Å². The first-order valence-corrected chi connectivity index (χ1v) is 10.4. The van der Waals surface area contributed by atoms with Gasteiger partial charge in [0.05, 0.1) is 26.2 Å². The number of nitrogens with one attached hydrogen (secondary N) is 1. The van der Waals surface area contributed by atoms with E-state index in [1.54, 1.807) is 53.2 Å². The lowest BCUT2D eigenvalue weighted by atomic mass is 10.2. The number of carbonyl (C=O) groups is 1. The Balaban J connectivity index is 1.64. The highest BCUT2D eigenvalue weighted by molar-refractivity contribution is 8.18. The maximum Gasteiger partial charge on any atom is 0.416 e. The van der Waals surface area contributed by atoms with E-state index in [-0.39, 0.29) is 10.9 Å². The fourth-order valence-electron chi connectivity index (χ4n) is 2.88. The van der Waals surface area contributed by atoms with Gasteiger partial charge in [-0.05, 0) is 60.3 Å². The maximum absolute atomic E-state index is 13.1. The van der Waals surface area contributed by atoms with Crippen LogP contribution >= 0.6 is 35.0 Å². The van der Waals surface area contributed by atoms with Gasteiger partial charge >= 0.3 is 6.18 Å². The van der Waals surface area contributed by atoms with Gasteiger partial charge in [0, 0.05) is 17.6 Å². The van der Waals surface area contributed by atoms with Crippen molar-refractivity contribution in [3.63, 3.8) is 0 Å². The van der Waals surface area contributed by atoms with Crippen LogP contribution in [-0.4, -0.2) is 15.6 Å². The molecule has 0 radical (unpaired) electrons. The number of halogens is 5. The van der Waals surface area contributed by atoms with Crippen molar-refractivity contribution in [3.8, 4) is 5.69 Å². The summed E-state index contributed by atoms with van der Waals surface area (Å²) in [6.07, 6.45) is -1.24. The number of hydrogen-bond donors (Lipinski definition) is 1. The summed E-state index contributed by atoms with van der Waals surface area (Å²) in [7, 11) is 0. The predicted molar refractivity (Wildman–Crippen MR) is 118 cm³/mol. The molecular formula is C21H12Cl2F3N3OS. The molecular weight excluding hydrogens is 470 g/mol. The van der Waals surface area contributed by atoms with E-state index in [9.17, 15) is 18.0 Å². The van der Waals surface area contributed by atoms with Crippen molar-refractivity contribution < 1.29 is 18.0 Å². The SMILES string of the molecule is O=C1NC(=Nc2cccc(Cl)c2Cl)S/C1=C/c1cccn1-c1cccc(C(F)(F)F)c1. The molecule has 1 saturated heterocycles. The second kappa shape index (κ2) is 8.45. The van der Waals surface area contributed by atoms with Crippen LogP contribution in [0.3, 0.4) is 0 Å². The topological polar surface area (TPSA) is 46.4 Å². The average molecular weight is 482 g/mol. The summed E-state index contributed by atoms with van der Waals surface area (Å²) in [5, 5.41) is 3.57. The van der Waals surface area contributed by atoms with E-state index in [4.69, 9.17) is 23.2 Å². The molecule has 0 atom stereocenters. The number of rotatable bonds is 3. The van der Waals surface area contributed by atoms with E-state index in [2.05, 4.69) is 10.3 Å². The van der Waals surface area contributed by atoms with Crippen molar-refractivity contribution in [2.24, 2.45) is 4.99 Å². The lowest BCUT2D eigenvalue weighted by Crippen LogP contribution is -2.19. The van der Waals surface area contributed by atoms with Gasteiger partial charge in [-0.15, -0.1) is 0 Å². The molecule has 4 nitrogen and oxygen atoms in total. The van der Waals surface area contributed by atoms with E-state index in [0.29, 0.717) is 32.2 Å². The van der Waals surface area contributed by atoms with Crippen molar-refractivity contribution >= 4 is 57.8 Å². The standard InChI is InChI=1S/C21H12Cl2F3N3OS/c22-15-7-2-8-16(18(15)23)27-20-28-19(30)17(31-20)11-14-6-3-9-29(14)13-5-1-4-12(10-13)21(24,25)26/h1-11H,(H,27,28,30)/b17-11+. The maximum atomic E-state index is 13.1. The molecule has 1 aliphatic rings.